The van der Waals surface area contributed by atoms with Crippen molar-refractivity contribution in [2.24, 2.45) is 5.92 Å². The Kier molecular flexibility index (Phi) is 4.83. The molecule has 3 heterocycles. The maximum atomic E-state index is 12.5. The van der Waals surface area contributed by atoms with Crippen LogP contribution in [0.2, 0.25) is 0 Å². The lowest BCUT2D eigenvalue weighted by molar-refractivity contribution is -0.132. The molecule has 2 aromatic rings. The van der Waals surface area contributed by atoms with Crippen molar-refractivity contribution in [3.63, 3.8) is 0 Å². The third-order valence-electron chi connectivity index (χ3n) is 5.50. The molecule has 1 aromatic heterocycles. The Morgan fingerprint density at radius 3 is 2.93 bits per heavy atom. The zero-order valence-corrected chi connectivity index (χ0v) is 15.4. The third kappa shape index (κ3) is 3.29. The molecule has 27 heavy (non-hydrogen) atoms. The molecule has 1 aromatic carbocycles. The molecular formula is C22H23N3O2. The lowest BCUT2D eigenvalue weighted by Crippen LogP contribution is -2.42. The minimum atomic E-state index is -0.0236. The number of fused-ring (bicyclic) bond motifs is 3. The summed E-state index contributed by atoms with van der Waals surface area (Å²) in [5, 5.41) is 13.3. The van der Waals surface area contributed by atoms with Gasteiger partial charge in [0.2, 0.25) is 5.91 Å². The smallest absolute Gasteiger partial charge is 0.222 e. The Morgan fingerprint density at radius 1 is 1.33 bits per heavy atom. The molecule has 0 aliphatic carbocycles. The first-order chi connectivity index (χ1) is 13.2. The van der Waals surface area contributed by atoms with E-state index in [4.69, 9.17) is 0 Å². The normalized spacial score (nSPS) is 22.9. The monoisotopic (exact) mass is 361 g/mol. The number of rotatable bonds is 2. The quantitative estimate of drug-likeness (QED) is 0.807. The number of nitrogens with one attached hydrogen (secondary N) is 1. The van der Waals surface area contributed by atoms with Crippen LogP contribution in [0.5, 0.6) is 0 Å². The van der Waals surface area contributed by atoms with Crippen molar-refractivity contribution < 1.29 is 9.90 Å². The number of hydrogen-bond acceptors (Lipinski definition) is 4. The highest BCUT2D eigenvalue weighted by Gasteiger charge is 2.45. The lowest BCUT2D eigenvalue weighted by atomic mass is 9.82. The average Bonchev–Trinajstić information content (AvgIpc) is 3.17. The van der Waals surface area contributed by atoms with Crippen molar-refractivity contribution >= 4 is 11.6 Å². The van der Waals surface area contributed by atoms with Crippen molar-refractivity contribution in [2.75, 3.05) is 18.5 Å². The summed E-state index contributed by atoms with van der Waals surface area (Å²) < 4.78 is 0. The van der Waals surface area contributed by atoms with Crippen LogP contribution < -0.4 is 5.32 Å². The molecule has 0 saturated carbocycles. The van der Waals surface area contributed by atoms with E-state index in [0.717, 1.165) is 35.3 Å². The molecule has 2 aliphatic rings. The molecule has 3 atom stereocenters. The summed E-state index contributed by atoms with van der Waals surface area (Å²) >= 11 is 0. The van der Waals surface area contributed by atoms with Crippen LogP contribution in [0.25, 0.3) is 0 Å². The predicted octanol–water partition coefficient (Wildman–Crippen LogP) is 2.57. The zero-order chi connectivity index (χ0) is 18.8. The fourth-order valence-corrected chi connectivity index (χ4v) is 4.20. The summed E-state index contributed by atoms with van der Waals surface area (Å²) in [4.78, 5) is 18.5. The number of nitrogens with zero attached hydrogens (tertiary/aromatic N) is 2. The molecule has 1 fully saturated rings. The average molecular weight is 361 g/mol. The maximum absolute atomic E-state index is 12.5. The summed E-state index contributed by atoms with van der Waals surface area (Å²) in [6.07, 6.45) is 4.87. The zero-order valence-electron chi connectivity index (χ0n) is 15.4. The van der Waals surface area contributed by atoms with Crippen LogP contribution in [0, 0.1) is 17.8 Å². The Bertz CT molecular complexity index is 901. The van der Waals surface area contributed by atoms with E-state index in [1.807, 2.05) is 36.1 Å². The Balaban J connectivity index is 1.72. The molecule has 0 unspecified atom stereocenters. The second kappa shape index (κ2) is 7.42. The molecule has 2 aliphatic heterocycles. The first-order valence-electron chi connectivity index (χ1n) is 9.44. The molecule has 5 nitrogen and oxygen atoms in total. The Hall–Kier alpha value is -2.84. The molecule has 1 saturated heterocycles. The van der Waals surface area contributed by atoms with Gasteiger partial charge in [-0.3, -0.25) is 9.78 Å². The standard InChI is InChI=1S/C22H23N3O2/c1-2-21(27)25-11-9-17-20(14-26)24-19-8-7-15(12-18(19)22(17)25)5-6-16-4-3-10-23-13-16/h3-4,7-8,10,12-13,17,20,22,24,26H,2,9,11,14H2,1H3/t17-,20-,22-/m0/s1. The van der Waals surface area contributed by atoms with Gasteiger partial charge in [0.05, 0.1) is 18.7 Å². The van der Waals surface area contributed by atoms with E-state index in [1.54, 1.807) is 12.4 Å². The number of benzene rings is 1. The molecule has 5 heteroatoms. The highest BCUT2D eigenvalue weighted by molar-refractivity contribution is 5.77. The third-order valence-corrected chi connectivity index (χ3v) is 5.50. The van der Waals surface area contributed by atoms with Gasteiger partial charge in [-0.25, -0.2) is 0 Å². The van der Waals surface area contributed by atoms with E-state index < -0.39 is 0 Å². The van der Waals surface area contributed by atoms with Crippen LogP contribution in [-0.4, -0.2) is 40.1 Å². The minimum absolute atomic E-state index is 0.00555. The second-order valence-electron chi connectivity index (χ2n) is 7.07. The van der Waals surface area contributed by atoms with Crippen LogP contribution in [0.4, 0.5) is 5.69 Å². The van der Waals surface area contributed by atoms with Gasteiger partial charge in [0, 0.05) is 48.1 Å². The van der Waals surface area contributed by atoms with Gasteiger partial charge in [-0.15, -0.1) is 0 Å². The number of anilines is 1. The van der Waals surface area contributed by atoms with Crippen molar-refractivity contribution in [1.29, 1.82) is 0 Å². The topological polar surface area (TPSA) is 65.5 Å². The van der Waals surface area contributed by atoms with Crippen molar-refractivity contribution in [3.05, 3.63) is 59.4 Å². The number of aromatic nitrogens is 1. The molecule has 1 amide bonds. The minimum Gasteiger partial charge on any atom is -0.394 e. The Labute approximate surface area is 159 Å². The lowest BCUT2D eigenvalue weighted by Gasteiger charge is -2.39. The fraction of sp³-hybridized carbons (Fsp3) is 0.364. The van der Waals surface area contributed by atoms with Crippen LogP contribution in [0.15, 0.2) is 42.7 Å². The van der Waals surface area contributed by atoms with E-state index in [-0.39, 0.29) is 30.5 Å². The highest BCUT2D eigenvalue weighted by Crippen LogP contribution is 2.46. The largest absolute Gasteiger partial charge is 0.394 e. The second-order valence-corrected chi connectivity index (χ2v) is 7.07. The molecular weight excluding hydrogens is 338 g/mol. The number of carbonyl (C=O) groups excluding carboxylic acids is 1. The number of aliphatic hydroxyl groups excluding tert-OH is 1. The van der Waals surface area contributed by atoms with E-state index >= 15 is 0 Å². The van der Waals surface area contributed by atoms with E-state index in [9.17, 15) is 9.90 Å². The first-order valence-corrected chi connectivity index (χ1v) is 9.44. The van der Waals surface area contributed by atoms with Gasteiger partial charge in [-0.1, -0.05) is 18.8 Å². The summed E-state index contributed by atoms with van der Waals surface area (Å²) in [7, 11) is 0. The molecule has 2 N–H and O–H groups in total. The van der Waals surface area contributed by atoms with E-state index in [2.05, 4.69) is 28.2 Å². The van der Waals surface area contributed by atoms with Gasteiger partial charge < -0.3 is 15.3 Å². The van der Waals surface area contributed by atoms with E-state index in [1.165, 1.54) is 0 Å². The van der Waals surface area contributed by atoms with Gasteiger partial charge in [0.25, 0.3) is 0 Å². The first kappa shape index (κ1) is 17.6. The number of amides is 1. The number of likely N-dealkylation sites (tertiary alicyclic amines) is 1. The SMILES string of the molecule is CCC(=O)N1CC[C@H]2[C@H](CO)Nc3ccc(C#Cc4cccnc4)cc3[C@H]21. The number of carbonyl (C=O) groups is 1. The van der Waals surface area contributed by atoms with Gasteiger partial charge in [0.1, 0.15) is 0 Å². The summed E-state index contributed by atoms with van der Waals surface area (Å²) in [5.41, 5.74) is 3.87. The fourth-order valence-electron chi connectivity index (χ4n) is 4.20. The van der Waals surface area contributed by atoms with Crippen molar-refractivity contribution in [1.82, 2.24) is 9.88 Å². The van der Waals surface area contributed by atoms with Crippen molar-refractivity contribution in [2.45, 2.75) is 31.8 Å². The molecule has 0 spiro atoms. The van der Waals surface area contributed by atoms with Gasteiger partial charge in [0.15, 0.2) is 0 Å². The maximum Gasteiger partial charge on any atom is 0.222 e. The predicted molar refractivity (Wildman–Crippen MR) is 104 cm³/mol. The molecule has 138 valence electrons. The Morgan fingerprint density at radius 2 is 2.19 bits per heavy atom. The number of pyridine rings is 1. The van der Waals surface area contributed by atoms with Gasteiger partial charge in [-0.05, 0) is 42.3 Å². The van der Waals surface area contributed by atoms with Gasteiger partial charge in [-0.2, -0.15) is 0 Å². The molecule has 4 rings (SSSR count). The molecule has 0 radical (unpaired) electrons. The van der Waals surface area contributed by atoms with Crippen molar-refractivity contribution in [3.8, 4) is 11.8 Å². The number of aliphatic hydroxyl groups is 1. The summed E-state index contributed by atoms with van der Waals surface area (Å²) in [6.45, 7) is 2.71. The summed E-state index contributed by atoms with van der Waals surface area (Å²) in [5.74, 6) is 6.73. The van der Waals surface area contributed by atoms with Crippen LogP contribution >= 0.6 is 0 Å². The number of hydrogen-bond donors (Lipinski definition) is 2. The van der Waals surface area contributed by atoms with Crippen LogP contribution in [-0.2, 0) is 4.79 Å². The van der Waals surface area contributed by atoms with Crippen LogP contribution in [0.3, 0.4) is 0 Å². The molecule has 0 bridgehead atoms. The van der Waals surface area contributed by atoms with E-state index in [0.29, 0.717) is 6.42 Å². The van der Waals surface area contributed by atoms with Gasteiger partial charge >= 0.3 is 0 Å². The summed E-state index contributed by atoms with van der Waals surface area (Å²) in [6, 6.07) is 9.85. The highest BCUT2D eigenvalue weighted by atomic mass is 16.3. The van der Waals surface area contributed by atoms with Crippen LogP contribution in [0.1, 0.15) is 42.5 Å².